The van der Waals surface area contributed by atoms with Gasteiger partial charge >= 0.3 is 5.69 Å². The maximum Gasteiger partial charge on any atom is 0.311 e. The van der Waals surface area contributed by atoms with Gasteiger partial charge in [-0.15, -0.1) is 0 Å². The highest BCUT2D eigenvalue weighted by Gasteiger charge is 2.17. The van der Waals surface area contributed by atoms with Crippen molar-refractivity contribution in [2.24, 2.45) is 0 Å². The van der Waals surface area contributed by atoms with Gasteiger partial charge in [0, 0.05) is 18.2 Å². The van der Waals surface area contributed by atoms with Gasteiger partial charge in [0.25, 0.3) is 0 Å². The molecule has 6 heteroatoms. The minimum atomic E-state index is -0.562. The van der Waals surface area contributed by atoms with Gasteiger partial charge in [-0.3, -0.25) is 10.1 Å². The molecule has 1 N–H and O–H groups in total. The quantitative estimate of drug-likeness (QED) is 0.658. The fraction of sp³-hybridized carbons (Fsp3) is 0.538. The lowest BCUT2D eigenvalue weighted by molar-refractivity contribution is -0.385. The Kier molecular flexibility index (Phi) is 4.68. The maximum atomic E-state index is 13.1. The van der Waals surface area contributed by atoms with E-state index in [1.54, 1.807) is 0 Å². The summed E-state index contributed by atoms with van der Waals surface area (Å²) in [7, 11) is 0. The second-order valence-corrected chi connectivity index (χ2v) is 4.65. The molecule has 1 aromatic carbocycles. The number of hydrogen-bond acceptors (Lipinski definition) is 4. The van der Waals surface area contributed by atoms with Crippen LogP contribution in [0.3, 0.4) is 0 Å². The molecule has 1 unspecified atom stereocenters. The van der Waals surface area contributed by atoms with Crippen LogP contribution in [0.15, 0.2) is 18.2 Å². The fourth-order valence-corrected chi connectivity index (χ4v) is 2.24. The van der Waals surface area contributed by atoms with Crippen LogP contribution in [0, 0.1) is 15.9 Å². The molecule has 19 heavy (non-hydrogen) atoms. The van der Waals surface area contributed by atoms with Crippen LogP contribution in [0.25, 0.3) is 0 Å². The first-order chi connectivity index (χ1) is 9.16. The summed E-state index contributed by atoms with van der Waals surface area (Å²) >= 11 is 0. The lowest BCUT2D eigenvalue weighted by atomic mass is 10.0. The summed E-state index contributed by atoms with van der Waals surface area (Å²) in [4.78, 5) is 10.2. The molecule has 1 aromatic rings. The van der Waals surface area contributed by atoms with Gasteiger partial charge in [-0.25, -0.2) is 4.39 Å². The van der Waals surface area contributed by atoms with E-state index in [1.807, 2.05) is 0 Å². The molecule has 2 rings (SSSR count). The third kappa shape index (κ3) is 3.89. The molecule has 1 saturated heterocycles. The number of rotatable bonds is 5. The van der Waals surface area contributed by atoms with Crippen LogP contribution in [0.4, 0.5) is 10.1 Å². The van der Waals surface area contributed by atoms with Gasteiger partial charge in [0.1, 0.15) is 5.82 Å². The predicted molar refractivity (Wildman–Crippen MR) is 68.8 cm³/mol. The Bertz CT molecular complexity index is 448. The number of nitrogens with one attached hydrogen (secondary N) is 1. The van der Waals surface area contributed by atoms with Crippen LogP contribution in [0.5, 0.6) is 5.75 Å². The highest BCUT2D eigenvalue weighted by molar-refractivity contribution is 5.46. The largest absolute Gasteiger partial charge is 0.487 e. The van der Waals surface area contributed by atoms with Crippen LogP contribution in [-0.4, -0.2) is 24.1 Å². The maximum absolute atomic E-state index is 13.1. The third-order valence-electron chi connectivity index (χ3n) is 3.25. The molecule has 0 bridgehead atoms. The Balaban J connectivity index is 1.91. The average Bonchev–Trinajstić information content (AvgIpc) is 2.39. The molecule has 0 aromatic heterocycles. The van der Waals surface area contributed by atoms with E-state index in [9.17, 15) is 14.5 Å². The van der Waals surface area contributed by atoms with Gasteiger partial charge in [0.05, 0.1) is 11.5 Å². The number of halogens is 1. The van der Waals surface area contributed by atoms with E-state index in [1.165, 1.54) is 12.8 Å². The van der Waals surface area contributed by atoms with Crippen molar-refractivity contribution in [1.29, 1.82) is 0 Å². The fourth-order valence-electron chi connectivity index (χ4n) is 2.24. The zero-order chi connectivity index (χ0) is 13.7. The van der Waals surface area contributed by atoms with Crippen LogP contribution < -0.4 is 10.1 Å². The van der Waals surface area contributed by atoms with E-state index in [-0.39, 0.29) is 11.4 Å². The summed E-state index contributed by atoms with van der Waals surface area (Å²) in [5, 5.41) is 14.2. The predicted octanol–water partition coefficient (Wildman–Crippen LogP) is 2.64. The molecule has 104 valence electrons. The first kappa shape index (κ1) is 13.7. The number of nitro groups is 1. The van der Waals surface area contributed by atoms with Crippen molar-refractivity contribution in [1.82, 2.24) is 5.32 Å². The highest BCUT2D eigenvalue weighted by atomic mass is 19.1. The number of ether oxygens (including phenoxy) is 1. The summed E-state index contributed by atoms with van der Waals surface area (Å²) in [6.45, 7) is 1.35. The van der Waals surface area contributed by atoms with E-state index in [0.29, 0.717) is 12.6 Å². The Hall–Kier alpha value is -1.69. The normalized spacial score (nSPS) is 19.1. The molecular weight excluding hydrogens is 251 g/mol. The highest BCUT2D eigenvalue weighted by Crippen LogP contribution is 2.27. The SMILES string of the molecule is O=[N+]([O-])c1ccc(F)cc1OCCC1CCCCN1. The first-order valence-electron chi connectivity index (χ1n) is 6.47. The van der Waals surface area contributed by atoms with Crippen LogP contribution in [0.2, 0.25) is 0 Å². The molecule has 1 aliphatic rings. The topological polar surface area (TPSA) is 64.4 Å². The molecule has 0 spiro atoms. The smallest absolute Gasteiger partial charge is 0.311 e. The van der Waals surface area contributed by atoms with Crippen molar-refractivity contribution in [3.63, 3.8) is 0 Å². The Morgan fingerprint density at radius 3 is 3.00 bits per heavy atom. The molecule has 0 saturated carbocycles. The van der Waals surface area contributed by atoms with Crippen LogP contribution in [0.1, 0.15) is 25.7 Å². The summed E-state index contributed by atoms with van der Waals surface area (Å²) in [6, 6.07) is 3.64. The zero-order valence-electron chi connectivity index (χ0n) is 10.6. The molecule has 1 atom stereocenters. The minimum Gasteiger partial charge on any atom is -0.487 e. The van der Waals surface area contributed by atoms with Crippen molar-refractivity contribution in [2.45, 2.75) is 31.7 Å². The molecule has 0 radical (unpaired) electrons. The second kappa shape index (κ2) is 6.47. The van der Waals surface area contributed by atoms with Crippen LogP contribution >= 0.6 is 0 Å². The van der Waals surface area contributed by atoms with E-state index in [0.717, 1.165) is 37.6 Å². The number of hydrogen-bond donors (Lipinski definition) is 1. The summed E-state index contributed by atoms with van der Waals surface area (Å²) in [5.41, 5.74) is -0.196. The van der Waals surface area contributed by atoms with Crippen molar-refractivity contribution in [3.8, 4) is 5.75 Å². The molecule has 0 amide bonds. The Morgan fingerprint density at radius 2 is 2.32 bits per heavy atom. The zero-order valence-corrected chi connectivity index (χ0v) is 10.6. The van der Waals surface area contributed by atoms with Crippen molar-refractivity contribution >= 4 is 5.69 Å². The lowest BCUT2D eigenvalue weighted by Crippen LogP contribution is -2.35. The van der Waals surface area contributed by atoms with Crippen molar-refractivity contribution in [2.75, 3.05) is 13.2 Å². The molecule has 1 fully saturated rings. The van der Waals surface area contributed by atoms with Gasteiger partial charge in [-0.2, -0.15) is 0 Å². The van der Waals surface area contributed by atoms with E-state index in [4.69, 9.17) is 4.74 Å². The monoisotopic (exact) mass is 268 g/mol. The number of nitro benzene ring substituents is 1. The number of nitrogens with zero attached hydrogens (tertiary/aromatic N) is 1. The Labute approximate surface area is 110 Å². The van der Waals surface area contributed by atoms with Crippen molar-refractivity contribution < 1.29 is 14.1 Å². The number of benzene rings is 1. The standard InChI is InChI=1S/C13H17FN2O3/c14-10-4-5-12(16(17)18)13(9-10)19-8-6-11-3-1-2-7-15-11/h4-5,9,11,15H,1-3,6-8H2. The van der Waals surface area contributed by atoms with Gasteiger partial charge in [-0.1, -0.05) is 6.42 Å². The van der Waals surface area contributed by atoms with E-state index >= 15 is 0 Å². The molecule has 1 heterocycles. The number of piperidine rings is 1. The summed E-state index contributed by atoms with van der Waals surface area (Å²) in [5.74, 6) is -0.530. The van der Waals surface area contributed by atoms with E-state index in [2.05, 4.69) is 5.32 Å². The minimum absolute atomic E-state index is 0.000749. The van der Waals surface area contributed by atoms with Gasteiger partial charge in [0.15, 0.2) is 5.75 Å². The van der Waals surface area contributed by atoms with Gasteiger partial charge < -0.3 is 10.1 Å². The van der Waals surface area contributed by atoms with Crippen molar-refractivity contribution in [3.05, 3.63) is 34.1 Å². The second-order valence-electron chi connectivity index (χ2n) is 4.65. The average molecular weight is 268 g/mol. The summed E-state index contributed by atoms with van der Waals surface area (Å²) in [6.07, 6.45) is 4.24. The third-order valence-corrected chi connectivity index (χ3v) is 3.25. The summed E-state index contributed by atoms with van der Waals surface area (Å²) < 4.78 is 18.4. The van der Waals surface area contributed by atoms with Gasteiger partial charge in [-0.05, 0) is 31.9 Å². The lowest BCUT2D eigenvalue weighted by Gasteiger charge is -2.23. The van der Waals surface area contributed by atoms with Gasteiger partial charge in [0.2, 0.25) is 0 Å². The Morgan fingerprint density at radius 1 is 1.47 bits per heavy atom. The molecule has 1 aliphatic heterocycles. The first-order valence-corrected chi connectivity index (χ1v) is 6.47. The van der Waals surface area contributed by atoms with Crippen LogP contribution in [-0.2, 0) is 0 Å². The molecular formula is C13H17FN2O3. The molecule has 0 aliphatic carbocycles. The molecule has 5 nitrogen and oxygen atoms in total. The van der Waals surface area contributed by atoms with E-state index < -0.39 is 10.7 Å².